The van der Waals surface area contributed by atoms with Crippen molar-refractivity contribution in [2.75, 3.05) is 35.0 Å². The summed E-state index contributed by atoms with van der Waals surface area (Å²) in [6.07, 6.45) is 0. The van der Waals surface area contributed by atoms with E-state index in [0.717, 1.165) is 16.9 Å². The smallest absolute Gasteiger partial charge is 0.255 e. The highest BCUT2D eigenvalue weighted by molar-refractivity contribution is 8.00. The first kappa shape index (κ1) is 23.9. The van der Waals surface area contributed by atoms with Gasteiger partial charge >= 0.3 is 0 Å². The fraction of sp³-hybridized carbons (Fsp3) is 0.286. The van der Waals surface area contributed by atoms with Gasteiger partial charge in [-0.25, -0.2) is 0 Å². The number of hydrogen-bond donors (Lipinski definition) is 1. The number of nitrogens with one attached hydrogen (secondary N) is 1. The highest BCUT2D eigenvalue weighted by Crippen LogP contribution is 2.42. The molecule has 1 saturated heterocycles. The number of benzene rings is 3. The van der Waals surface area contributed by atoms with Crippen LogP contribution in [0.25, 0.3) is 0 Å². The van der Waals surface area contributed by atoms with Gasteiger partial charge in [-0.1, -0.05) is 45.0 Å². The molecule has 3 aromatic carbocycles. The molecule has 6 heteroatoms. The lowest BCUT2D eigenvalue weighted by atomic mass is 9.87. The van der Waals surface area contributed by atoms with E-state index in [1.165, 1.54) is 5.56 Å². The number of carbonyl (C=O) groups excluding carboxylic acids is 2. The molecule has 0 aromatic heterocycles. The molecular weight excluding hydrogens is 442 g/mol. The molecule has 0 bridgehead atoms. The van der Waals surface area contributed by atoms with Crippen molar-refractivity contribution >= 4 is 40.6 Å². The summed E-state index contributed by atoms with van der Waals surface area (Å²) in [5.41, 5.74) is 5.50. The van der Waals surface area contributed by atoms with Crippen molar-refractivity contribution in [1.82, 2.24) is 0 Å². The van der Waals surface area contributed by atoms with Gasteiger partial charge in [-0.3, -0.25) is 14.5 Å². The van der Waals surface area contributed by atoms with Gasteiger partial charge in [-0.05, 0) is 65.1 Å². The maximum Gasteiger partial charge on any atom is 0.255 e. The maximum atomic E-state index is 12.8. The lowest BCUT2D eigenvalue weighted by Gasteiger charge is -2.25. The maximum absolute atomic E-state index is 12.8. The van der Waals surface area contributed by atoms with Crippen LogP contribution >= 0.6 is 11.8 Å². The monoisotopic (exact) mass is 473 g/mol. The standard InChI is InChI=1S/C28H31N3O2S/c1-28(2,3)21-11-9-19(10-12-21)26(33)29-22-8-6-7-20(17-22)27-31(25(32)18-34-27)24-15-13-23(14-16-24)30(4)5/h6-17,27H,18H2,1-5H3,(H,29,33)/t27-/m1/s1. The van der Waals surface area contributed by atoms with E-state index in [2.05, 4.69) is 26.1 Å². The van der Waals surface area contributed by atoms with E-state index in [1.807, 2.05) is 96.7 Å². The van der Waals surface area contributed by atoms with Crippen LogP contribution in [-0.2, 0) is 10.2 Å². The van der Waals surface area contributed by atoms with Crippen molar-refractivity contribution in [2.45, 2.75) is 31.6 Å². The Morgan fingerprint density at radius 1 is 1.00 bits per heavy atom. The molecule has 1 atom stereocenters. The zero-order valence-electron chi connectivity index (χ0n) is 20.3. The Kier molecular flexibility index (Phi) is 6.71. The summed E-state index contributed by atoms with van der Waals surface area (Å²) in [7, 11) is 3.99. The summed E-state index contributed by atoms with van der Waals surface area (Å²) >= 11 is 1.60. The predicted molar refractivity (Wildman–Crippen MR) is 143 cm³/mol. The minimum Gasteiger partial charge on any atom is -0.378 e. The van der Waals surface area contributed by atoms with Gasteiger partial charge in [-0.2, -0.15) is 0 Å². The quantitative estimate of drug-likeness (QED) is 0.488. The third kappa shape index (κ3) is 5.12. The van der Waals surface area contributed by atoms with Crippen LogP contribution in [0.1, 0.15) is 47.6 Å². The summed E-state index contributed by atoms with van der Waals surface area (Å²) in [4.78, 5) is 29.5. The van der Waals surface area contributed by atoms with E-state index in [0.29, 0.717) is 17.0 Å². The molecule has 0 saturated carbocycles. The average molecular weight is 474 g/mol. The Morgan fingerprint density at radius 2 is 1.68 bits per heavy atom. The molecule has 0 aliphatic carbocycles. The summed E-state index contributed by atoms with van der Waals surface area (Å²) in [5.74, 6) is 0.362. The third-order valence-electron chi connectivity index (χ3n) is 5.95. The Balaban J connectivity index is 1.53. The van der Waals surface area contributed by atoms with Gasteiger partial charge in [0.15, 0.2) is 0 Å². The van der Waals surface area contributed by atoms with E-state index in [4.69, 9.17) is 0 Å². The molecule has 1 N–H and O–H groups in total. The molecule has 176 valence electrons. The van der Waals surface area contributed by atoms with E-state index in [9.17, 15) is 9.59 Å². The van der Waals surface area contributed by atoms with Gasteiger partial charge in [-0.15, -0.1) is 11.8 Å². The number of carbonyl (C=O) groups is 2. The zero-order valence-corrected chi connectivity index (χ0v) is 21.1. The van der Waals surface area contributed by atoms with Crippen molar-refractivity contribution in [1.29, 1.82) is 0 Å². The first-order valence-electron chi connectivity index (χ1n) is 11.4. The summed E-state index contributed by atoms with van der Waals surface area (Å²) in [6, 6.07) is 23.5. The van der Waals surface area contributed by atoms with Gasteiger partial charge in [0.2, 0.25) is 5.91 Å². The largest absolute Gasteiger partial charge is 0.378 e. The topological polar surface area (TPSA) is 52.6 Å². The van der Waals surface area contributed by atoms with Crippen LogP contribution < -0.4 is 15.1 Å². The molecular formula is C28H31N3O2S. The Labute approximate surface area is 206 Å². The van der Waals surface area contributed by atoms with Crippen molar-refractivity contribution in [3.63, 3.8) is 0 Å². The molecule has 1 heterocycles. The van der Waals surface area contributed by atoms with Crippen LogP contribution in [0.5, 0.6) is 0 Å². The minimum absolute atomic E-state index is 0.0401. The van der Waals surface area contributed by atoms with E-state index in [1.54, 1.807) is 11.8 Å². The fourth-order valence-electron chi connectivity index (χ4n) is 3.96. The fourth-order valence-corrected chi connectivity index (χ4v) is 5.12. The Bertz CT molecular complexity index is 1180. The van der Waals surface area contributed by atoms with E-state index in [-0.39, 0.29) is 22.6 Å². The second-order valence-electron chi connectivity index (χ2n) is 9.74. The highest BCUT2D eigenvalue weighted by atomic mass is 32.2. The van der Waals surface area contributed by atoms with E-state index < -0.39 is 0 Å². The number of amides is 2. The number of hydrogen-bond acceptors (Lipinski definition) is 4. The van der Waals surface area contributed by atoms with Crippen molar-refractivity contribution < 1.29 is 9.59 Å². The molecule has 5 nitrogen and oxygen atoms in total. The average Bonchev–Trinajstić information content (AvgIpc) is 3.20. The molecule has 0 unspecified atom stereocenters. The molecule has 1 fully saturated rings. The molecule has 0 spiro atoms. The molecule has 4 rings (SSSR count). The number of nitrogens with zero attached hydrogens (tertiary/aromatic N) is 2. The molecule has 1 aliphatic rings. The van der Waals surface area contributed by atoms with E-state index >= 15 is 0 Å². The first-order chi connectivity index (χ1) is 16.1. The predicted octanol–water partition coefficient (Wildman–Crippen LogP) is 6.08. The summed E-state index contributed by atoms with van der Waals surface area (Å²) in [5, 5.41) is 2.87. The summed E-state index contributed by atoms with van der Waals surface area (Å²) < 4.78 is 0. The Hall–Kier alpha value is -3.25. The van der Waals surface area contributed by atoms with Crippen LogP contribution in [0.15, 0.2) is 72.8 Å². The van der Waals surface area contributed by atoms with Crippen molar-refractivity contribution in [3.8, 4) is 0 Å². The number of anilines is 3. The molecule has 34 heavy (non-hydrogen) atoms. The molecule has 0 radical (unpaired) electrons. The van der Waals surface area contributed by atoms with Crippen molar-refractivity contribution in [3.05, 3.63) is 89.5 Å². The number of rotatable bonds is 5. The SMILES string of the molecule is CN(C)c1ccc(N2C(=O)CS[C@@H]2c2cccc(NC(=O)c3ccc(C(C)(C)C)cc3)c2)cc1. The first-order valence-corrected chi connectivity index (χ1v) is 12.4. The molecule has 1 aliphatic heterocycles. The van der Waals surface area contributed by atoms with Crippen LogP contribution in [0.2, 0.25) is 0 Å². The lowest BCUT2D eigenvalue weighted by molar-refractivity contribution is -0.115. The van der Waals surface area contributed by atoms with Gasteiger partial charge in [0.25, 0.3) is 5.91 Å². The van der Waals surface area contributed by atoms with Gasteiger partial charge < -0.3 is 10.2 Å². The minimum atomic E-state index is -0.149. The second-order valence-corrected chi connectivity index (χ2v) is 10.8. The molecule has 2 amide bonds. The molecule has 3 aromatic rings. The van der Waals surface area contributed by atoms with Gasteiger partial charge in [0.05, 0.1) is 5.75 Å². The third-order valence-corrected chi connectivity index (χ3v) is 7.17. The van der Waals surface area contributed by atoms with Gasteiger partial charge in [0.1, 0.15) is 5.37 Å². The van der Waals surface area contributed by atoms with Crippen LogP contribution in [0, 0.1) is 0 Å². The second kappa shape index (κ2) is 9.55. The number of thioether (sulfide) groups is 1. The summed E-state index contributed by atoms with van der Waals surface area (Å²) in [6.45, 7) is 6.46. The van der Waals surface area contributed by atoms with Crippen LogP contribution in [-0.4, -0.2) is 31.7 Å². The lowest BCUT2D eigenvalue weighted by Crippen LogP contribution is -2.27. The van der Waals surface area contributed by atoms with Crippen LogP contribution in [0.4, 0.5) is 17.1 Å². The van der Waals surface area contributed by atoms with Crippen LogP contribution in [0.3, 0.4) is 0 Å². The van der Waals surface area contributed by atoms with Crippen molar-refractivity contribution in [2.24, 2.45) is 0 Å². The van der Waals surface area contributed by atoms with Gasteiger partial charge in [0, 0.05) is 36.7 Å². The highest BCUT2D eigenvalue weighted by Gasteiger charge is 2.34. The normalized spacial score (nSPS) is 16.0. The Morgan fingerprint density at radius 3 is 2.29 bits per heavy atom. The zero-order chi connectivity index (χ0) is 24.5.